The highest BCUT2D eigenvalue weighted by Crippen LogP contribution is 2.35. The number of benzene rings is 2. The average molecular weight is 458 g/mol. The van der Waals surface area contributed by atoms with Crippen molar-refractivity contribution in [3.05, 3.63) is 42.0 Å². The van der Waals surface area contributed by atoms with Crippen LogP contribution in [0.25, 0.3) is 0 Å². The Morgan fingerprint density at radius 1 is 0.903 bits per heavy atom. The fourth-order valence-corrected chi connectivity index (χ4v) is 4.37. The molecule has 0 saturated heterocycles. The highest BCUT2D eigenvalue weighted by molar-refractivity contribution is 8.01. The van der Waals surface area contributed by atoms with Crippen molar-refractivity contribution < 1.29 is 28.5 Å². The van der Waals surface area contributed by atoms with Gasteiger partial charge < -0.3 is 24.3 Å². The molecular formula is C19H14N4O6S2. The molecule has 2 aliphatic heterocycles. The molecule has 0 bridgehead atoms. The Hall–Kier alpha value is -3.51. The summed E-state index contributed by atoms with van der Waals surface area (Å²) in [6, 6.07) is 10.1. The first-order valence-electron chi connectivity index (χ1n) is 9.01. The second kappa shape index (κ2) is 8.32. The molecule has 5 rings (SSSR count). The normalized spacial score (nSPS) is 13.2. The van der Waals surface area contributed by atoms with Crippen LogP contribution in [0.4, 0.5) is 10.8 Å². The summed E-state index contributed by atoms with van der Waals surface area (Å²) in [5.74, 6) is 1.96. The first-order valence-corrected chi connectivity index (χ1v) is 10.8. The fourth-order valence-electron chi connectivity index (χ4n) is 2.82. The summed E-state index contributed by atoms with van der Waals surface area (Å²) in [7, 11) is 0. The Bertz CT molecular complexity index is 1170. The number of nitrogens with one attached hydrogen (secondary N) is 2. The van der Waals surface area contributed by atoms with Crippen molar-refractivity contribution >= 4 is 45.7 Å². The highest BCUT2D eigenvalue weighted by atomic mass is 32.2. The first kappa shape index (κ1) is 19.5. The van der Waals surface area contributed by atoms with Crippen molar-refractivity contribution in [2.45, 2.75) is 4.34 Å². The zero-order chi connectivity index (χ0) is 21.2. The van der Waals surface area contributed by atoms with E-state index in [9.17, 15) is 9.59 Å². The Kier molecular flexibility index (Phi) is 5.22. The number of aromatic nitrogens is 2. The van der Waals surface area contributed by atoms with Crippen LogP contribution in [-0.4, -0.2) is 41.4 Å². The van der Waals surface area contributed by atoms with E-state index >= 15 is 0 Å². The van der Waals surface area contributed by atoms with Gasteiger partial charge in [-0.2, -0.15) is 0 Å². The van der Waals surface area contributed by atoms with Crippen LogP contribution in [0.2, 0.25) is 0 Å². The Labute approximate surface area is 183 Å². The third-order valence-electron chi connectivity index (χ3n) is 4.24. The van der Waals surface area contributed by atoms with Crippen LogP contribution in [0.1, 0.15) is 10.4 Å². The van der Waals surface area contributed by atoms with Gasteiger partial charge in [-0.15, -0.1) is 10.2 Å². The van der Waals surface area contributed by atoms with Gasteiger partial charge in [-0.05, 0) is 30.3 Å². The van der Waals surface area contributed by atoms with Gasteiger partial charge in [0, 0.05) is 17.3 Å². The van der Waals surface area contributed by atoms with E-state index < -0.39 is 0 Å². The number of anilines is 2. The standard InChI is InChI=1S/C19H14N4O6S2/c24-16(20-11-2-4-13-15(6-11)29-9-27-13)7-30-19-23-22-18(31-19)21-17(25)10-1-3-12-14(5-10)28-8-26-12/h1-6H,7-9H2,(H,20,24)(H,21,22,25). The van der Waals surface area contributed by atoms with E-state index in [0.717, 1.165) is 0 Å². The molecule has 2 aromatic carbocycles. The van der Waals surface area contributed by atoms with Crippen LogP contribution >= 0.6 is 23.1 Å². The number of hydrogen-bond donors (Lipinski definition) is 2. The molecule has 10 nitrogen and oxygen atoms in total. The van der Waals surface area contributed by atoms with E-state index in [1.165, 1.54) is 23.1 Å². The van der Waals surface area contributed by atoms with Gasteiger partial charge in [-0.3, -0.25) is 14.9 Å². The molecule has 12 heteroatoms. The van der Waals surface area contributed by atoms with Crippen LogP contribution in [-0.2, 0) is 4.79 Å². The van der Waals surface area contributed by atoms with Crippen LogP contribution in [0.15, 0.2) is 40.7 Å². The van der Waals surface area contributed by atoms with Gasteiger partial charge in [0.2, 0.25) is 24.6 Å². The molecule has 158 valence electrons. The lowest BCUT2D eigenvalue weighted by Crippen LogP contribution is -2.13. The Balaban J connectivity index is 1.14. The smallest absolute Gasteiger partial charge is 0.257 e. The number of carbonyl (C=O) groups is 2. The lowest BCUT2D eigenvalue weighted by Gasteiger charge is -2.05. The molecule has 3 heterocycles. The second-order valence-electron chi connectivity index (χ2n) is 6.30. The molecule has 0 fully saturated rings. The van der Waals surface area contributed by atoms with E-state index in [1.54, 1.807) is 36.4 Å². The fraction of sp³-hybridized carbons (Fsp3) is 0.158. The molecular weight excluding hydrogens is 444 g/mol. The Morgan fingerprint density at radius 3 is 2.42 bits per heavy atom. The summed E-state index contributed by atoms with van der Waals surface area (Å²) in [5, 5.41) is 13.8. The molecule has 1 aromatic heterocycles. The number of thioether (sulfide) groups is 1. The summed E-state index contributed by atoms with van der Waals surface area (Å²) in [6.45, 7) is 0.312. The van der Waals surface area contributed by atoms with E-state index in [1.807, 2.05) is 0 Å². The van der Waals surface area contributed by atoms with Gasteiger partial charge in [0.15, 0.2) is 27.3 Å². The molecule has 2 aliphatic rings. The topological polar surface area (TPSA) is 121 Å². The largest absolute Gasteiger partial charge is 0.454 e. The van der Waals surface area contributed by atoms with E-state index in [-0.39, 0.29) is 31.2 Å². The van der Waals surface area contributed by atoms with Crippen molar-refractivity contribution in [2.24, 2.45) is 0 Å². The quantitative estimate of drug-likeness (QED) is 0.424. The molecule has 31 heavy (non-hydrogen) atoms. The Morgan fingerprint density at radius 2 is 1.61 bits per heavy atom. The van der Waals surface area contributed by atoms with E-state index in [4.69, 9.17) is 18.9 Å². The van der Waals surface area contributed by atoms with Gasteiger partial charge >= 0.3 is 0 Å². The molecule has 0 saturated carbocycles. The minimum Gasteiger partial charge on any atom is -0.454 e. The van der Waals surface area contributed by atoms with Gasteiger partial charge in [-0.1, -0.05) is 23.1 Å². The maximum Gasteiger partial charge on any atom is 0.257 e. The lowest BCUT2D eigenvalue weighted by molar-refractivity contribution is -0.113. The highest BCUT2D eigenvalue weighted by Gasteiger charge is 2.18. The molecule has 0 radical (unpaired) electrons. The van der Waals surface area contributed by atoms with Crippen LogP contribution < -0.4 is 29.6 Å². The van der Waals surface area contributed by atoms with Crippen LogP contribution in [0, 0.1) is 0 Å². The molecule has 3 aromatic rings. The van der Waals surface area contributed by atoms with Crippen molar-refractivity contribution in [2.75, 3.05) is 30.0 Å². The zero-order valence-electron chi connectivity index (χ0n) is 15.7. The van der Waals surface area contributed by atoms with Crippen LogP contribution in [0.3, 0.4) is 0 Å². The van der Waals surface area contributed by atoms with Crippen molar-refractivity contribution in [3.63, 3.8) is 0 Å². The van der Waals surface area contributed by atoms with Crippen molar-refractivity contribution in [1.82, 2.24) is 10.2 Å². The maximum absolute atomic E-state index is 12.4. The summed E-state index contributed by atoms with van der Waals surface area (Å²) in [6.07, 6.45) is 0. The second-order valence-corrected chi connectivity index (χ2v) is 8.50. The monoisotopic (exact) mass is 458 g/mol. The third kappa shape index (κ3) is 4.34. The van der Waals surface area contributed by atoms with Gasteiger partial charge in [0.1, 0.15) is 0 Å². The molecule has 2 amide bonds. The maximum atomic E-state index is 12.4. The van der Waals surface area contributed by atoms with Gasteiger partial charge in [-0.25, -0.2) is 0 Å². The minimum atomic E-state index is -0.341. The minimum absolute atomic E-state index is 0.138. The predicted octanol–water partition coefficient (Wildman–Crippen LogP) is 2.98. The number of fused-ring (bicyclic) bond motifs is 2. The van der Waals surface area contributed by atoms with Crippen molar-refractivity contribution in [1.29, 1.82) is 0 Å². The van der Waals surface area contributed by atoms with Gasteiger partial charge in [0.25, 0.3) is 5.91 Å². The molecule has 0 aliphatic carbocycles. The lowest BCUT2D eigenvalue weighted by atomic mass is 10.2. The van der Waals surface area contributed by atoms with Gasteiger partial charge in [0.05, 0.1) is 5.75 Å². The molecule has 0 unspecified atom stereocenters. The number of rotatable bonds is 6. The van der Waals surface area contributed by atoms with E-state index in [0.29, 0.717) is 43.7 Å². The van der Waals surface area contributed by atoms with Crippen LogP contribution in [0.5, 0.6) is 23.0 Å². The summed E-state index contributed by atoms with van der Waals surface area (Å²) >= 11 is 2.40. The zero-order valence-corrected chi connectivity index (χ0v) is 17.4. The molecule has 2 N–H and O–H groups in total. The van der Waals surface area contributed by atoms with Crippen molar-refractivity contribution in [3.8, 4) is 23.0 Å². The van der Waals surface area contributed by atoms with E-state index in [2.05, 4.69) is 20.8 Å². The number of amides is 2. The first-order chi connectivity index (χ1) is 15.1. The summed E-state index contributed by atoms with van der Waals surface area (Å²) in [4.78, 5) is 24.6. The third-order valence-corrected chi connectivity index (χ3v) is 6.22. The molecule has 0 atom stereocenters. The molecule has 0 spiro atoms. The number of nitrogens with zero attached hydrogens (tertiary/aromatic N) is 2. The number of hydrogen-bond acceptors (Lipinski definition) is 10. The summed E-state index contributed by atoms with van der Waals surface area (Å²) in [5.41, 5.74) is 1.03. The average Bonchev–Trinajstić information content (AvgIpc) is 3.52. The predicted molar refractivity (Wildman–Crippen MR) is 112 cm³/mol. The number of ether oxygens (including phenoxy) is 4. The summed E-state index contributed by atoms with van der Waals surface area (Å²) < 4.78 is 21.6. The number of carbonyl (C=O) groups excluding carboxylic acids is 2. The SMILES string of the molecule is O=C(CSc1nnc(NC(=O)c2ccc3c(c2)OCO3)s1)Nc1ccc2c(c1)OCO2.